The van der Waals surface area contributed by atoms with Crippen molar-refractivity contribution in [3.8, 4) is 5.75 Å². The lowest BCUT2D eigenvalue weighted by Crippen LogP contribution is -2.13. The molecule has 2 aromatic carbocycles. The average molecular weight is 365 g/mol. The number of halogens is 2. The van der Waals surface area contributed by atoms with E-state index >= 15 is 0 Å². The molecule has 0 bridgehead atoms. The van der Waals surface area contributed by atoms with Crippen LogP contribution in [0.3, 0.4) is 0 Å². The van der Waals surface area contributed by atoms with Crippen LogP contribution in [-0.4, -0.2) is 24.8 Å². The van der Waals surface area contributed by atoms with Gasteiger partial charge in [0.05, 0.1) is 13.7 Å². The van der Waals surface area contributed by atoms with Crippen LogP contribution in [0.15, 0.2) is 54.9 Å². The Morgan fingerprint density at radius 3 is 2.04 bits per heavy atom. The number of benzene rings is 2. The van der Waals surface area contributed by atoms with Crippen LogP contribution in [0.4, 0.5) is 8.78 Å². The van der Waals surface area contributed by atoms with Gasteiger partial charge >= 0.3 is 5.97 Å². The van der Waals surface area contributed by atoms with Gasteiger partial charge in [-0.05, 0) is 48.9 Å². The maximum absolute atomic E-state index is 13.2. The number of hydrogen-bond acceptors (Lipinski definition) is 4. The van der Waals surface area contributed by atoms with E-state index in [-0.39, 0.29) is 11.4 Å². The fourth-order valence-electron chi connectivity index (χ4n) is 2.20. The number of carbonyl (C=O) groups is 1. The number of rotatable bonds is 6. The van der Waals surface area contributed by atoms with Crippen molar-refractivity contribution in [2.45, 2.75) is 12.8 Å². The molecule has 3 N–H and O–H groups in total. The largest absolute Gasteiger partial charge is 0.497 e. The lowest BCUT2D eigenvalue weighted by molar-refractivity contribution is -0.137. The number of hydrogen-bond donors (Lipinski definition) is 2. The lowest BCUT2D eigenvalue weighted by atomic mass is 9.91. The summed E-state index contributed by atoms with van der Waals surface area (Å²) in [6.07, 6.45) is 0. The molecule has 0 aliphatic carbocycles. The summed E-state index contributed by atoms with van der Waals surface area (Å²) in [5.74, 6) is -3.06. The molecule has 0 aliphatic rings. The number of nitrogens with two attached hydrogens (primary N) is 1. The second-order valence-electron chi connectivity index (χ2n) is 5.15. The predicted octanol–water partition coefficient (Wildman–Crippen LogP) is 3.64. The van der Waals surface area contributed by atoms with Gasteiger partial charge in [-0.3, -0.25) is 4.79 Å². The molecule has 0 amide bonds. The first-order valence-electron chi connectivity index (χ1n) is 7.68. The Hall–Kier alpha value is -3.09. The first-order valence-corrected chi connectivity index (χ1v) is 7.68. The Bertz CT molecular complexity index is 727. The van der Waals surface area contributed by atoms with Gasteiger partial charge in [-0.25, -0.2) is 8.78 Å². The van der Waals surface area contributed by atoms with Crippen LogP contribution in [0.2, 0.25) is 0 Å². The molecule has 2 aromatic rings. The first kappa shape index (κ1) is 21.0. The zero-order valence-electron chi connectivity index (χ0n) is 14.5. The van der Waals surface area contributed by atoms with Gasteiger partial charge < -0.3 is 20.3 Å². The average Bonchev–Trinajstić information content (AvgIpc) is 2.55. The van der Waals surface area contributed by atoms with E-state index in [1.54, 1.807) is 24.3 Å². The van der Waals surface area contributed by atoms with E-state index in [0.717, 1.165) is 12.1 Å². The number of aliphatic carboxylic acids is 1. The van der Waals surface area contributed by atoms with Gasteiger partial charge in [0.15, 0.2) is 5.88 Å². The van der Waals surface area contributed by atoms with Crippen LogP contribution in [0.5, 0.6) is 5.75 Å². The zero-order valence-corrected chi connectivity index (χ0v) is 14.5. The Morgan fingerprint density at radius 1 is 1.15 bits per heavy atom. The van der Waals surface area contributed by atoms with Crippen molar-refractivity contribution >= 4 is 5.97 Å². The minimum atomic E-state index is -1.18. The Morgan fingerprint density at radius 2 is 1.69 bits per heavy atom. The minimum absolute atomic E-state index is 0.0557. The second-order valence-corrected chi connectivity index (χ2v) is 5.15. The molecule has 0 radical (unpaired) electrons. The first-order chi connectivity index (χ1) is 12.3. The number of carboxylic acids is 1. The van der Waals surface area contributed by atoms with E-state index < -0.39 is 23.5 Å². The number of methoxy groups -OCH3 is 1. The van der Waals surface area contributed by atoms with Crippen molar-refractivity contribution < 1.29 is 28.2 Å². The van der Waals surface area contributed by atoms with Gasteiger partial charge in [0.2, 0.25) is 0 Å². The van der Waals surface area contributed by atoms with Gasteiger partial charge in [-0.2, -0.15) is 0 Å². The quantitative estimate of drug-likeness (QED) is 0.764. The highest BCUT2D eigenvalue weighted by molar-refractivity contribution is 5.80. The van der Waals surface area contributed by atoms with Crippen molar-refractivity contribution in [1.82, 2.24) is 0 Å². The van der Waals surface area contributed by atoms with E-state index in [9.17, 15) is 18.7 Å². The minimum Gasteiger partial charge on any atom is -0.497 e. The summed E-state index contributed by atoms with van der Waals surface area (Å²) in [5, 5.41) is 9.31. The molecule has 140 valence electrons. The molecule has 0 saturated heterocycles. The van der Waals surface area contributed by atoms with E-state index in [2.05, 4.69) is 11.3 Å². The second kappa shape index (κ2) is 10.0. The molecule has 1 atom stereocenters. The topological polar surface area (TPSA) is 81.8 Å². The van der Waals surface area contributed by atoms with Crippen molar-refractivity contribution in [1.29, 1.82) is 0 Å². The standard InChI is InChI=1S/C15H12F2O3.C4H9NO/c1-20-13-4-2-9(3-5-13)14(15(18)19)10-6-11(16)8-12(17)7-10;1-3-6-4(2)5/h2-8,14H,1H3,(H,18,19);2-3,5H2,1H3. The number of ether oxygens (including phenoxy) is 2. The SMILES string of the molecule is C=C(N)OCC.COc1ccc(C(C(=O)O)c2cc(F)cc(F)c2)cc1. The molecule has 1 unspecified atom stereocenters. The maximum Gasteiger partial charge on any atom is 0.315 e. The molecule has 7 heteroatoms. The van der Waals surface area contributed by atoms with Crippen LogP contribution in [-0.2, 0) is 9.53 Å². The van der Waals surface area contributed by atoms with Crippen molar-refractivity contribution in [3.63, 3.8) is 0 Å². The van der Waals surface area contributed by atoms with Crippen LogP contribution < -0.4 is 10.5 Å². The van der Waals surface area contributed by atoms with Gasteiger partial charge in [-0.15, -0.1) is 0 Å². The van der Waals surface area contributed by atoms with Gasteiger partial charge in [-0.1, -0.05) is 12.1 Å². The zero-order chi connectivity index (χ0) is 19.7. The third kappa shape index (κ3) is 6.43. The van der Waals surface area contributed by atoms with Crippen LogP contribution in [0.25, 0.3) is 0 Å². The molecule has 0 spiro atoms. The molecule has 0 aromatic heterocycles. The van der Waals surface area contributed by atoms with E-state index in [0.29, 0.717) is 24.0 Å². The molecular weight excluding hydrogens is 344 g/mol. The van der Waals surface area contributed by atoms with Gasteiger partial charge in [0, 0.05) is 6.07 Å². The molecular formula is C19H21F2NO4. The van der Waals surface area contributed by atoms with Crippen molar-refractivity contribution in [2.75, 3.05) is 13.7 Å². The lowest BCUT2D eigenvalue weighted by Gasteiger charge is -2.14. The summed E-state index contributed by atoms with van der Waals surface area (Å²) in [6.45, 7) is 5.77. The summed E-state index contributed by atoms with van der Waals surface area (Å²) in [7, 11) is 1.49. The molecule has 0 aliphatic heterocycles. The normalized spacial score (nSPS) is 10.9. The molecule has 5 nitrogen and oxygen atoms in total. The summed E-state index contributed by atoms with van der Waals surface area (Å²) >= 11 is 0. The maximum atomic E-state index is 13.2. The van der Waals surface area contributed by atoms with Crippen molar-refractivity contribution in [2.24, 2.45) is 5.73 Å². The smallest absolute Gasteiger partial charge is 0.315 e. The third-order valence-electron chi connectivity index (χ3n) is 3.24. The highest BCUT2D eigenvalue weighted by Crippen LogP contribution is 2.27. The van der Waals surface area contributed by atoms with E-state index in [1.165, 1.54) is 7.11 Å². The van der Waals surface area contributed by atoms with Crippen LogP contribution in [0, 0.1) is 11.6 Å². The molecule has 26 heavy (non-hydrogen) atoms. The third-order valence-corrected chi connectivity index (χ3v) is 3.24. The monoisotopic (exact) mass is 365 g/mol. The Labute approximate surface area is 150 Å². The van der Waals surface area contributed by atoms with Gasteiger partial charge in [0.25, 0.3) is 0 Å². The highest BCUT2D eigenvalue weighted by Gasteiger charge is 2.23. The Kier molecular flexibility index (Phi) is 8.08. The summed E-state index contributed by atoms with van der Waals surface area (Å²) in [5.41, 5.74) is 5.46. The fraction of sp³-hybridized carbons (Fsp3) is 0.211. The molecule has 0 saturated carbocycles. The Balaban J connectivity index is 0.000000487. The van der Waals surface area contributed by atoms with E-state index in [1.807, 2.05) is 6.92 Å². The van der Waals surface area contributed by atoms with Gasteiger partial charge in [0.1, 0.15) is 23.3 Å². The number of carboxylic acid groups (broad SMARTS) is 1. The van der Waals surface area contributed by atoms with Crippen LogP contribution in [0.1, 0.15) is 24.0 Å². The van der Waals surface area contributed by atoms with Crippen molar-refractivity contribution in [3.05, 3.63) is 77.7 Å². The molecule has 2 rings (SSSR count). The summed E-state index contributed by atoms with van der Waals surface area (Å²) in [4.78, 5) is 11.4. The highest BCUT2D eigenvalue weighted by atomic mass is 19.1. The fourth-order valence-corrected chi connectivity index (χ4v) is 2.20. The molecule has 0 heterocycles. The summed E-state index contributed by atoms with van der Waals surface area (Å²) < 4.78 is 36.1. The van der Waals surface area contributed by atoms with Crippen LogP contribution >= 0.6 is 0 Å². The summed E-state index contributed by atoms with van der Waals surface area (Å²) in [6, 6.07) is 9.05. The predicted molar refractivity (Wildman–Crippen MR) is 93.8 cm³/mol. The van der Waals surface area contributed by atoms with E-state index in [4.69, 9.17) is 10.5 Å². The molecule has 0 fully saturated rings.